The first-order valence-electron chi connectivity index (χ1n) is 1.74. The first-order valence-corrected chi connectivity index (χ1v) is 1.74. The molecule has 2 nitrogen and oxygen atoms in total. The van der Waals surface area contributed by atoms with Crippen molar-refractivity contribution in [3.63, 3.8) is 0 Å². The smallest absolute Gasteiger partial charge is 0.481 e. The maximum Gasteiger partial charge on any atom is 1.00 e. The van der Waals surface area contributed by atoms with Gasteiger partial charge in [-0.2, -0.15) is 0 Å². The molecule has 0 aromatic carbocycles. The van der Waals surface area contributed by atoms with Crippen LogP contribution in [0.25, 0.3) is 0 Å². The molecule has 0 saturated carbocycles. The number of aliphatic carboxylic acids is 1. The molecule has 0 aliphatic heterocycles. The van der Waals surface area contributed by atoms with Crippen LogP contribution in [-0.2, 0) is 4.79 Å². The zero-order valence-electron chi connectivity index (χ0n) is 5.35. The SMILES string of the molecule is C=C[CH2-].CC(=O)O.[Na+]. The van der Waals surface area contributed by atoms with Gasteiger partial charge in [0.05, 0.1) is 0 Å². The molecule has 0 rings (SSSR count). The summed E-state index contributed by atoms with van der Waals surface area (Å²) >= 11 is 0. The average molecular weight is 124 g/mol. The van der Waals surface area contributed by atoms with E-state index in [1.165, 1.54) is 6.08 Å². The molecule has 0 aromatic rings. The summed E-state index contributed by atoms with van der Waals surface area (Å²) in [6.45, 7) is 7.58. The van der Waals surface area contributed by atoms with E-state index in [0.717, 1.165) is 6.92 Å². The molecule has 0 atom stereocenters. The van der Waals surface area contributed by atoms with Crippen molar-refractivity contribution < 1.29 is 39.5 Å². The summed E-state index contributed by atoms with van der Waals surface area (Å²) in [5.41, 5.74) is 0. The summed E-state index contributed by atoms with van der Waals surface area (Å²) in [6.07, 6.45) is 1.50. The Morgan fingerprint density at radius 1 is 1.88 bits per heavy atom. The quantitative estimate of drug-likeness (QED) is 0.302. The Morgan fingerprint density at radius 3 is 1.88 bits per heavy atom. The van der Waals surface area contributed by atoms with Crippen molar-refractivity contribution in [2.24, 2.45) is 0 Å². The summed E-state index contributed by atoms with van der Waals surface area (Å²) in [7, 11) is 0. The molecule has 1 N–H and O–H groups in total. The van der Waals surface area contributed by atoms with Gasteiger partial charge < -0.3 is 5.11 Å². The van der Waals surface area contributed by atoms with Crippen LogP contribution in [0.1, 0.15) is 6.92 Å². The van der Waals surface area contributed by atoms with Gasteiger partial charge in [0.1, 0.15) is 0 Å². The van der Waals surface area contributed by atoms with Crippen LogP contribution in [0.5, 0.6) is 0 Å². The van der Waals surface area contributed by atoms with Gasteiger partial charge in [-0.05, 0) is 0 Å². The molecule has 3 heteroatoms. The molecule has 42 valence electrons. The largest absolute Gasteiger partial charge is 1.00 e. The monoisotopic (exact) mass is 124 g/mol. The van der Waals surface area contributed by atoms with Crippen molar-refractivity contribution in [2.45, 2.75) is 6.92 Å². The minimum absolute atomic E-state index is 0. The topological polar surface area (TPSA) is 37.3 Å². The van der Waals surface area contributed by atoms with Crippen molar-refractivity contribution >= 4 is 5.97 Å². The molecule has 8 heavy (non-hydrogen) atoms. The fourth-order valence-electron chi connectivity index (χ4n) is 0. The maximum atomic E-state index is 9.00. The fourth-order valence-corrected chi connectivity index (χ4v) is 0. The fraction of sp³-hybridized carbons (Fsp3) is 0.200. The minimum atomic E-state index is -0.833. The van der Waals surface area contributed by atoms with Crippen LogP contribution in [-0.4, -0.2) is 11.1 Å². The van der Waals surface area contributed by atoms with E-state index in [4.69, 9.17) is 9.90 Å². The van der Waals surface area contributed by atoms with Crippen LogP contribution >= 0.6 is 0 Å². The van der Waals surface area contributed by atoms with Gasteiger partial charge >= 0.3 is 29.6 Å². The van der Waals surface area contributed by atoms with E-state index in [-0.39, 0.29) is 29.6 Å². The molecule has 0 bridgehead atoms. The first-order chi connectivity index (χ1) is 3.15. The molecule has 0 saturated heterocycles. The summed E-state index contributed by atoms with van der Waals surface area (Å²) in [5, 5.41) is 7.42. The van der Waals surface area contributed by atoms with Gasteiger partial charge in [0.25, 0.3) is 5.97 Å². The molecule has 0 unspecified atom stereocenters. The maximum absolute atomic E-state index is 9.00. The van der Waals surface area contributed by atoms with Gasteiger partial charge in [0.15, 0.2) is 0 Å². The second-order valence-corrected chi connectivity index (χ2v) is 0.808. The van der Waals surface area contributed by atoms with Crippen molar-refractivity contribution in [3.05, 3.63) is 19.6 Å². The summed E-state index contributed by atoms with van der Waals surface area (Å²) in [6, 6.07) is 0. The number of rotatable bonds is 0. The average Bonchev–Trinajstić information content (AvgIpc) is 1.33. The minimum Gasteiger partial charge on any atom is -0.481 e. The molecule has 0 heterocycles. The zero-order valence-corrected chi connectivity index (χ0v) is 7.35. The number of hydrogen-bond acceptors (Lipinski definition) is 1. The zero-order chi connectivity index (χ0) is 6.28. The van der Waals surface area contributed by atoms with Crippen LogP contribution in [0.3, 0.4) is 0 Å². The van der Waals surface area contributed by atoms with Crippen LogP contribution < -0.4 is 29.6 Å². The summed E-state index contributed by atoms with van der Waals surface area (Å²) in [5.74, 6) is -0.833. The van der Waals surface area contributed by atoms with Crippen LogP contribution in [0.15, 0.2) is 12.7 Å². The van der Waals surface area contributed by atoms with Gasteiger partial charge in [0.2, 0.25) is 0 Å². The van der Waals surface area contributed by atoms with E-state index in [9.17, 15) is 0 Å². The van der Waals surface area contributed by atoms with Crippen molar-refractivity contribution in [1.29, 1.82) is 0 Å². The molecule has 0 amide bonds. The van der Waals surface area contributed by atoms with E-state index < -0.39 is 5.97 Å². The normalized spacial score (nSPS) is 4.62. The second kappa shape index (κ2) is 15.7. The summed E-state index contributed by atoms with van der Waals surface area (Å²) < 4.78 is 0. The van der Waals surface area contributed by atoms with Crippen LogP contribution in [0.4, 0.5) is 0 Å². The van der Waals surface area contributed by atoms with Gasteiger partial charge in [-0.1, -0.05) is 0 Å². The van der Waals surface area contributed by atoms with Crippen LogP contribution in [0, 0.1) is 6.92 Å². The van der Waals surface area contributed by atoms with E-state index >= 15 is 0 Å². The van der Waals surface area contributed by atoms with Crippen molar-refractivity contribution in [3.8, 4) is 0 Å². The predicted octanol–water partition coefficient (Wildman–Crippen LogP) is -1.90. The van der Waals surface area contributed by atoms with Gasteiger partial charge in [-0.15, -0.1) is 0 Å². The molecule has 0 aliphatic rings. The molecule has 0 aromatic heterocycles. The van der Waals surface area contributed by atoms with E-state index in [2.05, 4.69) is 13.5 Å². The Morgan fingerprint density at radius 2 is 1.88 bits per heavy atom. The Balaban J connectivity index is -0.0000000575. The van der Waals surface area contributed by atoms with Gasteiger partial charge in [-0.25, -0.2) is 19.6 Å². The van der Waals surface area contributed by atoms with E-state index in [1.807, 2.05) is 0 Å². The molecule has 0 fully saturated rings. The van der Waals surface area contributed by atoms with E-state index in [1.54, 1.807) is 0 Å². The third-order valence-corrected chi connectivity index (χ3v) is 0. The number of carboxylic acids is 1. The number of carbonyl (C=O) groups is 1. The molecular weight excluding hydrogens is 115 g/mol. The van der Waals surface area contributed by atoms with Gasteiger partial charge in [0, 0.05) is 6.92 Å². The first kappa shape index (κ1) is 15.7. The third-order valence-electron chi connectivity index (χ3n) is 0. The molecular formula is C5H9NaO2. The molecule has 0 radical (unpaired) electrons. The van der Waals surface area contributed by atoms with E-state index in [0.29, 0.717) is 0 Å². The molecule has 0 spiro atoms. The second-order valence-electron chi connectivity index (χ2n) is 0.808. The Kier molecular flexibility index (Phi) is 30.8. The number of hydrogen-bond donors (Lipinski definition) is 1. The van der Waals surface area contributed by atoms with Crippen molar-refractivity contribution in [1.82, 2.24) is 0 Å². The van der Waals surface area contributed by atoms with Gasteiger partial charge in [-0.3, -0.25) is 4.79 Å². The standard InChI is InChI=1S/C3H5.C2H4O2.Na/c1-3-2;1-2(3)4;/h3H,1-2H2;1H3,(H,3,4);/q-1;;+1. The Labute approximate surface area is 71.9 Å². The summed E-state index contributed by atoms with van der Waals surface area (Å²) in [4.78, 5) is 9.00. The molecule has 0 aliphatic carbocycles. The third kappa shape index (κ3) is 24500. The Bertz CT molecular complexity index is 57.4. The van der Waals surface area contributed by atoms with Crippen molar-refractivity contribution in [2.75, 3.05) is 0 Å². The predicted molar refractivity (Wildman–Crippen MR) is 28.9 cm³/mol. The van der Waals surface area contributed by atoms with Crippen LogP contribution in [0.2, 0.25) is 0 Å². The number of carboxylic acid groups (broad SMARTS) is 1. The number of allylic oxidation sites excluding steroid dienone is 1. The Hall–Kier alpha value is 0.0800.